The van der Waals surface area contributed by atoms with Gasteiger partial charge in [0.1, 0.15) is 10.8 Å². The molecule has 0 atom stereocenters. The molecule has 0 bridgehead atoms. The number of methoxy groups -OCH3 is 2. The summed E-state index contributed by atoms with van der Waals surface area (Å²) in [5.41, 5.74) is 1.63. The molecule has 0 saturated carbocycles. The van der Waals surface area contributed by atoms with Gasteiger partial charge in [-0.25, -0.2) is 14.4 Å². The average molecular weight is 397 g/mol. The van der Waals surface area contributed by atoms with Gasteiger partial charge in [0.2, 0.25) is 0 Å². The van der Waals surface area contributed by atoms with Crippen LogP contribution in [0.5, 0.6) is 11.5 Å². The molecule has 0 aliphatic rings. The van der Waals surface area contributed by atoms with Crippen LogP contribution >= 0.6 is 11.3 Å². The monoisotopic (exact) mass is 397 g/mol. The number of hydrogen-bond donors (Lipinski definition) is 0. The minimum Gasteiger partial charge on any atom is -0.493 e. The predicted molar refractivity (Wildman–Crippen MR) is 106 cm³/mol. The van der Waals surface area contributed by atoms with Crippen molar-refractivity contribution in [1.82, 2.24) is 14.5 Å². The highest BCUT2D eigenvalue weighted by atomic mass is 32.1. The molecule has 6 nitrogen and oxygen atoms in total. The second kappa shape index (κ2) is 7.40. The van der Waals surface area contributed by atoms with Gasteiger partial charge in [-0.1, -0.05) is 6.07 Å². The van der Waals surface area contributed by atoms with Crippen LogP contribution in [0.15, 0.2) is 52.9 Å². The second-order valence-corrected chi connectivity index (χ2v) is 6.88. The summed E-state index contributed by atoms with van der Waals surface area (Å²) in [6.07, 6.45) is 1.41. The topological polar surface area (TPSA) is 66.2 Å². The first-order valence-electron chi connectivity index (χ1n) is 8.41. The van der Waals surface area contributed by atoms with Gasteiger partial charge in [-0.3, -0.25) is 9.36 Å². The van der Waals surface area contributed by atoms with Gasteiger partial charge >= 0.3 is 0 Å². The molecule has 4 aromatic rings. The average Bonchev–Trinajstić information content (AvgIpc) is 3.17. The molecule has 0 amide bonds. The molecule has 0 radical (unpaired) electrons. The quantitative estimate of drug-likeness (QED) is 0.513. The van der Waals surface area contributed by atoms with E-state index in [1.165, 1.54) is 40.4 Å². The van der Waals surface area contributed by atoms with Crippen molar-refractivity contribution in [1.29, 1.82) is 0 Å². The van der Waals surface area contributed by atoms with Crippen LogP contribution in [0.4, 0.5) is 4.39 Å². The number of thiazole rings is 1. The summed E-state index contributed by atoms with van der Waals surface area (Å²) in [6, 6.07) is 9.55. The van der Waals surface area contributed by atoms with Gasteiger partial charge in [-0.2, -0.15) is 0 Å². The minimum atomic E-state index is -0.423. The fourth-order valence-electron chi connectivity index (χ4n) is 2.98. The summed E-state index contributed by atoms with van der Waals surface area (Å²) in [5.74, 6) is 0.810. The van der Waals surface area contributed by atoms with Gasteiger partial charge in [-0.05, 0) is 24.3 Å². The molecule has 0 N–H and O–H groups in total. The largest absolute Gasteiger partial charge is 0.493 e. The molecule has 2 heterocycles. The maximum Gasteiger partial charge on any atom is 0.261 e. The van der Waals surface area contributed by atoms with Crippen molar-refractivity contribution < 1.29 is 13.9 Å². The van der Waals surface area contributed by atoms with Crippen LogP contribution in [-0.2, 0) is 6.54 Å². The van der Waals surface area contributed by atoms with Crippen molar-refractivity contribution in [2.75, 3.05) is 14.2 Å². The zero-order chi connectivity index (χ0) is 19.7. The maximum absolute atomic E-state index is 13.3. The number of para-hydroxylation sites is 1. The van der Waals surface area contributed by atoms with Crippen LogP contribution in [0.25, 0.3) is 21.5 Å². The normalized spacial score (nSPS) is 11.0. The number of hydrogen-bond acceptors (Lipinski definition) is 6. The number of fused-ring (bicyclic) bond motifs is 1. The number of rotatable bonds is 5. The molecule has 0 fully saturated rings. The molecule has 4 rings (SSSR count). The minimum absolute atomic E-state index is 0.237. The summed E-state index contributed by atoms with van der Waals surface area (Å²) in [7, 11) is 3.17. The number of ether oxygens (including phenoxy) is 2. The Morgan fingerprint density at radius 2 is 2.04 bits per heavy atom. The van der Waals surface area contributed by atoms with Crippen molar-refractivity contribution in [3.8, 4) is 22.1 Å². The summed E-state index contributed by atoms with van der Waals surface area (Å²) in [5, 5.41) is 3.01. The second-order valence-electron chi connectivity index (χ2n) is 6.02. The highest BCUT2D eigenvalue weighted by molar-refractivity contribution is 7.13. The molecule has 8 heteroatoms. The van der Waals surface area contributed by atoms with Crippen LogP contribution in [0.3, 0.4) is 0 Å². The molecule has 0 spiro atoms. The molecule has 2 aromatic heterocycles. The Balaban J connectivity index is 1.68. The van der Waals surface area contributed by atoms with Gasteiger partial charge in [0.15, 0.2) is 11.5 Å². The first-order chi connectivity index (χ1) is 13.6. The lowest BCUT2D eigenvalue weighted by molar-refractivity contribution is 0.356. The Morgan fingerprint density at radius 3 is 2.82 bits per heavy atom. The van der Waals surface area contributed by atoms with Gasteiger partial charge in [0.25, 0.3) is 5.56 Å². The van der Waals surface area contributed by atoms with E-state index >= 15 is 0 Å². The SMILES string of the molecule is COc1cccc(-c2nc(Cn3cnc4cc(F)ccc4c3=O)cs2)c1OC. The zero-order valence-electron chi connectivity index (χ0n) is 15.2. The van der Waals surface area contributed by atoms with Gasteiger partial charge in [-0.15, -0.1) is 11.3 Å². The maximum atomic E-state index is 13.3. The first-order valence-corrected chi connectivity index (χ1v) is 9.29. The van der Waals surface area contributed by atoms with Crippen molar-refractivity contribution >= 4 is 22.2 Å². The highest BCUT2D eigenvalue weighted by Crippen LogP contribution is 2.38. The third kappa shape index (κ3) is 3.22. The third-order valence-electron chi connectivity index (χ3n) is 4.30. The smallest absolute Gasteiger partial charge is 0.261 e. The summed E-state index contributed by atoms with van der Waals surface area (Å²) in [4.78, 5) is 21.5. The van der Waals surface area contributed by atoms with Crippen LogP contribution in [0.2, 0.25) is 0 Å². The fourth-order valence-corrected chi connectivity index (χ4v) is 3.81. The van der Waals surface area contributed by atoms with Crippen LogP contribution in [0, 0.1) is 5.82 Å². The molecule has 0 unspecified atom stereocenters. The lowest BCUT2D eigenvalue weighted by Crippen LogP contribution is -2.21. The standard InChI is InChI=1S/C20H16FN3O3S/c1-26-17-5-3-4-15(18(17)27-2)19-23-13(10-28-19)9-24-11-22-16-8-12(21)6-7-14(16)20(24)25/h3-8,10-11H,9H2,1-2H3. The molecule has 142 valence electrons. The summed E-state index contributed by atoms with van der Waals surface area (Å²) in [6.45, 7) is 0.266. The Morgan fingerprint density at radius 1 is 1.18 bits per heavy atom. The zero-order valence-corrected chi connectivity index (χ0v) is 16.0. The molecule has 0 saturated heterocycles. The molecule has 28 heavy (non-hydrogen) atoms. The Labute approximate surface area is 163 Å². The number of halogens is 1. The van der Waals surface area contributed by atoms with E-state index in [0.29, 0.717) is 22.4 Å². The lowest BCUT2D eigenvalue weighted by Gasteiger charge is -2.10. The molecule has 0 aliphatic carbocycles. The molecule has 0 aliphatic heterocycles. The molecular weight excluding hydrogens is 381 g/mol. The Hall–Kier alpha value is -3.26. The fraction of sp³-hybridized carbons (Fsp3) is 0.150. The van der Waals surface area contributed by atoms with Gasteiger partial charge < -0.3 is 9.47 Å². The summed E-state index contributed by atoms with van der Waals surface area (Å²) < 4.78 is 25.6. The Kier molecular flexibility index (Phi) is 4.79. The van der Waals surface area contributed by atoms with E-state index in [1.807, 2.05) is 23.6 Å². The molecule has 2 aromatic carbocycles. The van der Waals surface area contributed by atoms with E-state index in [2.05, 4.69) is 9.97 Å². The van der Waals surface area contributed by atoms with Gasteiger partial charge in [0.05, 0.1) is 49.3 Å². The highest BCUT2D eigenvalue weighted by Gasteiger charge is 2.15. The number of benzene rings is 2. The summed E-state index contributed by atoms with van der Waals surface area (Å²) >= 11 is 1.45. The van der Waals surface area contributed by atoms with E-state index in [-0.39, 0.29) is 12.1 Å². The van der Waals surface area contributed by atoms with Crippen molar-refractivity contribution in [2.45, 2.75) is 6.54 Å². The third-order valence-corrected chi connectivity index (χ3v) is 5.23. The van der Waals surface area contributed by atoms with Crippen LogP contribution < -0.4 is 15.0 Å². The Bertz CT molecular complexity index is 1220. The van der Waals surface area contributed by atoms with Crippen molar-refractivity contribution in [3.05, 3.63) is 70.0 Å². The van der Waals surface area contributed by atoms with Crippen LogP contribution in [0.1, 0.15) is 5.69 Å². The van der Waals surface area contributed by atoms with Crippen molar-refractivity contribution in [2.24, 2.45) is 0 Å². The van der Waals surface area contributed by atoms with Crippen molar-refractivity contribution in [3.63, 3.8) is 0 Å². The van der Waals surface area contributed by atoms with E-state index in [1.54, 1.807) is 14.2 Å². The van der Waals surface area contributed by atoms with E-state index < -0.39 is 5.82 Å². The number of aromatic nitrogens is 3. The predicted octanol–water partition coefficient (Wildman–Crippen LogP) is 3.72. The van der Waals surface area contributed by atoms with Gasteiger partial charge in [0, 0.05) is 11.4 Å². The van der Waals surface area contributed by atoms with E-state index in [9.17, 15) is 9.18 Å². The molecular formula is C20H16FN3O3S. The van der Waals surface area contributed by atoms with E-state index in [4.69, 9.17) is 9.47 Å². The first kappa shape index (κ1) is 18.1. The number of nitrogens with zero attached hydrogens (tertiary/aromatic N) is 3. The van der Waals surface area contributed by atoms with Crippen LogP contribution in [-0.4, -0.2) is 28.8 Å². The lowest BCUT2D eigenvalue weighted by atomic mass is 10.2. The van der Waals surface area contributed by atoms with E-state index in [0.717, 1.165) is 16.3 Å².